The van der Waals surface area contributed by atoms with Crippen LogP contribution in [0, 0.1) is 5.41 Å². The Kier molecular flexibility index (Phi) is 6.45. The van der Waals surface area contributed by atoms with Crippen molar-refractivity contribution in [2.24, 2.45) is 12.5 Å². The predicted octanol–water partition coefficient (Wildman–Crippen LogP) is 3.94. The van der Waals surface area contributed by atoms with Crippen molar-refractivity contribution < 1.29 is 10.2 Å². The lowest BCUT2D eigenvalue weighted by Gasteiger charge is -2.33. The molecule has 1 atom stereocenters. The molecule has 0 bridgehead atoms. The molecular weight excluding hydrogens is 402 g/mol. The second-order valence-corrected chi connectivity index (χ2v) is 8.95. The van der Waals surface area contributed by atoms with Crippen LogP contribution in [0.15, 0.2) is 37.3 Å². The molecule has 0 aliphatic carbocycles. The van der Waals surface area contributed by atoms with E-state index < -0.39 is 6.29 Å². The summed E-state index contributed by atoms with van der Waals surface area (Å²) in [5.74, 6) is 1.18. The van der Waals surface area contributed by atoms with Crippen molar-refractivity contribution in [3.63, 3.8) is 0 Å². The van der Waals surface area contributed by atoms with E-state index in [-0.39, 0.29) is 17.9 Å². The Labute approximate surface area is 181 Å². The van der Waals surface area contributed by atoms with Crippen LogP contribution in [0.2, 0.25) is 5.02 Å². The van der Waals surface area contributed by atoms with Crippen molar-refractivity contribution in [2.45, 2.75) is 45.9 Å². The lowest BCUT2D eigenvalue weighted by atomic mass is 9.84. The molecule has 3 N–H and O–H groups in total. The quantitative estimate of drug-likeness (QED) is 0.389. The van der Waals surface area contributed by atoms with E-state index in [0.717, 1.165) is 22.2 Å². The lowest BCUT2D eigenvalue weighted by molar-refractivity contribution is -0.0540. The number of hydrogen-bond donors (Lipinski definition) is 3. The van der Waals surface area contributed by atoms with Gasteiger partial charge in [0.2, 0.25) is 0 Å². The van der Waals surface area contributed by atoms with E-state index >= 15 is 0 Å². The number of pyridine rings is 1. The highest BCUT2D eigenvalue weighted by Gasteiger charge is 2.28. The maximum Gasteiger partial charge on any atom is 0.163 e. The normalized spacial score (nSPS) is 13.1. The maximum absolute atomic E-state index is 9.56. The molecule has 0 spiro atoms. The number of halogens is 1. The van der Waals surface area contributed by atoms with Gasteiger partial charge >= 0.3 is 0 Å². The molecular formula is C22H28ClN5O2. The number of nitrogens with zero attached hydrogens (tertiary/aromatic N) is 4. The van der Waals surface area contributed by atoms with Gasteiger partial charge in [-0.05, 0) is 17.9 Å². The van der Waals surface area contributed by atoms with Crippen molar-refractivity contribution in [1.29, 1.82) is 0 Å². The van der Waals surface area contributed by atoms with E-state index in [2.05, 4.69) is 21.9 Å². The zero-order valence-corrected chi connectivity index (χ0v) is 18.5. The van der Waals surface area contributed by atoms with Crippen molar-refractivity contribution >= 4 is 28.5 Å². The summed E-state index contributed by atoms with van der Waals surface area (Å²) >= 11 is 6.17. The van der Waals surface area contributed by atoms with Crippen LogP contribution in [-0.2, 0) is 13.5 Å². The Morgan fingerprint density at radius 2 is 2.00 bits per heavy atom. The summed E-state index contributed by atoms with van der Waals surface area (Å²) < 4.78 is 1.91. The Bertz CT molecular complexity index is 1060. The maximum atomic E-state index is 9.56. The van der Waals surface area contributed by atoms with Crippen LogP contribution >= 0.6 is 11.6 Å². The van der Waals surface area contributed by atoms with Gasteiger partial charge in [-0.3, -0.25) is 0 Å². The molecule has 8 heteroatoms. The number of anilines is 1. The number of aliphatic hydroxyl groups excluding tert-OH is 1. The van der Waals surface area contributed by atoms with E-state index in [1.807, 2.05) is 44.6 Å². The highest BCUT2D eigenvalue weighted by Crippen LogP contribution is 2.32. The minimum atomic E-state index is -1.42. The first kappa shape index (κ1) is 22.2. The topological polar surface area (TPSA) is 96.1 Å². The molecule has 0 aromatic carbocycles. The highest BCUT2D eigenvalue weighted by molar-refractivity contribution is 6.31. The summed E-state index contributed by atoms with van der Waals surface area (Å²) in [7, 11) is 1.91. The van der Waals surface area contributed by atoms with Crippen LogP contribution in [0.4, 0.5) is 5.82 Å². The molecule has 3 heterocycles. The monoisotopic (exact) mass is 429 g/mol. The van der Waals surface area contributed by atoms with Crippen molar-refractivity contribution in [3.05, 3.63) is 47.9 Å². The molecule has 30 heavy (non-hydrogen) atoms. The summed E-state index contributed by atoms with van der Waals surface area (Å²) in [4.78, 5) is 13.8. The third-order valence-electron chi connectivity index (χ3n) is 5.05. The van der Waals surface area contributed by atoms with Gasteiger partial charge in [0.15, 0.2) is 12.1 Å². The van der Waals surface area contributed by atoms with Gasteiger partial charge in [0.05, 0.1) is 5.02 Å². The van der Waals surface area contributed by atoms with Crippen molar-refractivity contribution in [1.82, 2.24) is 19.5 Å². The number of allylic oxidation sites excluding steroid dienone is 1. The molecule has 0 saturated carbocycles. The van der Waals surface area contributed by atoms with Crippen molar-refractivity contribution in [3.8, 4) is 11.4 Å². The molecule has 0 fully saturated rings. The van der Waals surface area contributed by atoms with Crippen LogP contribution in [0.5, 0.6) is 0 Å². The van der Waals surface area contributed by atoms with E-state index in [9.17, 15) is 10.2 Å². The molecule has 0 radical (unpaired) electrons. The number of aryl methyl sites for hydroxylation is 1. The second kappa shape index (κ2) is 8.71. The molecule has 3 rings (SSSR count). The largest absolute Gasteiger partial charge is 0.368 e. The van der Waals surface area contributed by atoms with E-state index in [1.165, 1.54) is 0 Å². The summed E-state index contributed by atoms with van der Waals surface area (Å²) in [6.45, 7) is 9.95. The summed E-state index contributed by atoms with van der Waals surface area (Å²) in [5, 5.41) is 23.9. The zero-order chi connectivity index (χ0) is 22.1. The minimum Gasteiger partial charge on any atom is -0.368 e. The number of aliphatic hydroxyl groups is 2. The average molecular weight is 430 g/mol. The minimum absolute atomic E-state index is 0.171. The second-order valence-electron chi connectivity index (χ2n) is 8.52. The van der Waals surface area contributed by atoms with Gasteiger partial charge in [-0.15, -0.1) is 6.58 Å². The Balaban J connectivity index is 2.09. The third-order valence-corrected chi connectivity index (χ3v) is 5.26. The molecule has 3 aromatic heterocycles. The standard InChI is InChI=1S/C22H28ClN5O2/c1-6-7-13-10-24-20(16-12-28(5)21-15(16)8-14(23)11-25-21)27-19(13)26-17(9-18(29)30)22(2,3)4/h6,8,10-12,17-18,29-30H,1,7,9H2,2-5H3,(H,24,26,27)/t17-/m1/s1. The fraction of sp³-hybridized carbons (Fsp3) is 0.409. The van der Waals surface area contributed by atoms with Gasteiger partial charge in [-0.2, -0.15) is 0 Å². The van der Waals surface area contributed by atoms with Crippen LogP contribution < -0.4 is 5.32 Å². The molecule has 3 aromatic rings. The first-order chi connectivity index (χ1) is 14.1. The third kappa shape index (κ3) is 4.80. The Morgan fingerprint density at radius 3 is 2.63 bits per heavy atom. The number of aromatic nitrogens is 4. The SMILES string of the molecule is C=CCc1cnc(-c2cn(C)c3ncc(Cl)cc23)nc1N[C@H](CC(O)O)C(C)(C)C. The average Bonchev–Trinajstić information content (AvgIpc) is 2.97. The molecule has 0 amide bonds. The van der Waals surface area contributed by atoms with Gasteiger partial charge < -0.3 is 20.1 Å². The number of fused-ring (bicyclic) bond motifs is 1. The number of rotatable bonds is 7. The van der Waals surface area contributed by atoms with Gasteiger partial charge in [0.1, 0.15) is 11.5 Å². The molecule has 0 unspecified atom stereocenters. The summed E-state index contributed by atoms with van der Waals surface area (Å²) in [6, 6.07) is 1.64. The molecule has 0 aliphatic heterocycles. The van der Waals surface area contributed by atoms with E-state index in [0.29, 0.717) is 23.1 Å². The predicted molar refractivity (Wildman–Crippen MR) is 120 cm³/mol. The van der Waals surface area contributed by atoms with Crippen LogP contribution in [0.1, 0.15) is 32.8 Å². The van der Waals surface area contributed by atoms with Crippen LogP contribution in [-0.4, -0.2) is 42.1 Å². The first-order valence-electron chi connectivity index (χ1n) is 9.80. The molecule has 160 valence electrons. The van der Waals surface area contributed by atoms with E-state index in [1.54, 1.807) is 18.5 Å². The van der Waals surface area contributed by atoms with Crippen LogP contribution in [0.3, 0.4) is 0 Å². The van der Waals surface area contributed by atoms with E-state index in [4.69, 9.17) is 16.6 Å². The Morgan fingerprint density at radius 1 is 1.27 bits per heavy atom. The molecule has 0 aliphatic rings. The summed E-state index contributed by atoms with van der Waals surface area (Å²) in [5.41, 5.74) is 2.27. The van der Waals surface area contributed by atoms with Crippen LogP contribution in [0.25, 0.3) is 22.4 Å². The van der Waals surface area contributed by atoms with Gasteiger partial charge in [-0.1, -0.05) is 38.4 Å². The van der Waals surface area contributed by atoms with Gasteiger partial charge in [-0.25, -0.2) is 15.0 Å². The smallest absolute Gasteiger partial charge is 0.163 e. The van der Waals surface area contributed by atoms with Gasteiger partial charge in [0, 0.05) is 54.6 Å². The number of hydrogen-bond acceptors (Lipinski definition) is 6. The fourth-order valence-corrected chi connectivity index (χ4v) is 3.54. The molecule has 0 saturated heterocycles. The fourth-order valence-electron chi connectivity index (χ4n) is 3.39. The van der Waals surface area contributed by atoms with Crippen molar-refractivity contribution in [2.75, 3.05) is 5.32 Å². The summed E-state index contributed by atoms with van der Waals surface area (Å²) in [6.07, 6.45) is 6.45. The number of nitrogens with one attached hydrogen (secondary N) is 1. The van der Waals surface area contributed by atoms with Gasteiger partial charge in [0.25, 0.3) is 0 Å². The lowest BCUT2D eigenvalue weighted by Crippen LogP contribution is -2.37. The molecule has 7 nitrogen and oxygen atoms in total. The highest BCUT2D eigenvalue weighted by atomic mass is 35.5. The first-order valence-corrected chi connectivity index (χ1v) is 10.2. The zero-order valence-electron chi connectivity index (χ0n) is 17.7. The Hall–Kier alpha value is -2.48.